The van der Waals surface area contributed by atoms with Gasteiger partial charge < -0.3 is 15.8 Å². The zero-order valence-corrected chi connectivity index (χ0v) is 15.9. The molecule has 0 saturated heterocycles. The topological polar surface area (TPSA) is 67.6 Å². The lowest BCUT2D eigenvalue weighted by molar-refractivity contribution is -0.127. The van der Waals surface area contributed by atoms with E-state index >= 15 is 0 Å². The first-order valence-electron chi connectivity index (χ1n) is 9.49. The quantitative estimate of drug-likeness (QED) is 0.759. The molecule has 1 atom stereocenters. The van der Waals surface area contributed by atoms with E-state index in [9.17, 15) is 4.79 Å². The average Bonchev–Trinajstić information content (AvgIpc) is 2.65. The number of amides is 1. The average molecular weight is 348 g/mol. The summed E-state index contributed by atoms with van der Waals surface area (Å²) in [6.45, 7) is 6.69. The van der Waals surface area contributed by atoms with Crippen LogP contribution < -0.4 is 15.8 Å². The molecular weight excluding hydrogens is 314 g/mol. The van der Waals surface area contributed by atoms with Crippen LogP contribution in [0.4, 0.5) is 0 Å². The number of likely N-dealkylation sites (N-methyl/N-ethyl adjacent to an activating group) is 1. The molecule has 5 heteroatoms. The molecule has 0 radical (unpaired) electrons. The number of hydrogen-bond donors (Lipinski definition) is 2. The van der Waals surface area contributed by atoms with Crippen molar-refractivity contribution in [2.24, 2.45) is 5.73 Å². The fourth-order valence-electron chi connectivity index (χ4n) is 3.75. The zero-order valence-electron chi connectivity index (χ0n) is 15.9. The van der Waals surface area contributed by atoms with Gasteiger partial charge >= 0.3 is 0 Å². The molecule has 1 aliphatic rings. The second-order valence-corrected chi connectivity index (χ2v) is 6.94. The number of carbonyl (C=O) groups excluding carboxylic acids is 1. The molecule has 1 unspecified atom stereocenters. The van der Waals surface area contributed by atoms with Crippen molar-refractivity contribution in [1.82, 2.24) is 10.2 Å². The lowest BCUT2D eigenvalue weighted by Crippen LogP contribution is -2.56. The third-order valence-electron chi connectivity index (χ3n) is 5.39. The molecule has 1 aromatic rings. The van der Waals surface area contributed by atoms with E-state index in [0.717, 1.165) is 50.1 Å². The summed E-state index contributed by atoms with van der Waals surface area (Å²) in [5.41, 5.74) is 6.83. The lowest BCUT2D eigenvalue weighted by atomic mass is 9.82. The number of methoxy groups -OCH3 is 1. The van der Waals surface area contributed by atoms with Gasteiger partial charge in [0.1, 0.15) is 5.75 Å². The third kappa shape index (κ3) is 4.95. The third-order valence-corrected chi connectivity index (χ3v) is 5.39. The highest BCUT2D eigenvalue weighted by molar-refractivity contribution is 5.86. The Balaban J connectivity index is 2.11. The Morgan fingerprint density at radius 2 is 1.96 bits per heavy atom. The second-order valence-electron chi connectivity index (χ2n) is 6.94. The molecule has 5 nitrogen and oxygen atoms in total. The van der Waals surface area contributed by atoms with E-state index in [-0.39, 0.29) is 11.9 Å². The van der Waals surface area contributed by atoms with Gasteiger partial charge in [0.25, 0.3) is 0 Å². The maximum absolute atomic E-state index is 12.7. The van der Waals surface area contributed by atoms with Crippen LogP contribution in [-0.2, 0) is 4.79 Å². The summed E-state index contributed by atoms with van der Waals surface area (Å²) in [5, 5.41) is 3.13. The molecule has 0 aromatic heterocycles. The molecule has 0 aliphatic heterocycles. The maximum Gasteiger partial charge on any atom is 0.240 e. The van der Waals surface area contributed by atoms with Crippen molar-refractivity contribution < 1.29 is 9.53 Å². The van der Waals surface area contributed by atoms with E-state index in [1.807, 2.05) is 18.2 Å². The van der Waals surface area contributed by atoms with Gasteiger partial charge in [0.15, 0.2) is 0 Å². The molecule has 2 rings (SSSR count). The first-order chi connectivity index (χ1) is 12.0. The van der Waals surface area contributed by atoms with E-state index < -0.39 is 5.54 Å². The molecular formula is C20H33N3O2. The number of nitrogens with zero attached hydrogens (tertiary/aromatic N) is 1. The highest BCUT2D eigenvalue weighted by Gasteiger charge is 2.35. The van der Waals surface area contributed by atoms with Gasteiger partial charge in [0.05, 0.1) is 18.7 Å². The van der Waals surface area contributed by atoms with Gasteiger partial charge in [0.2, 0.25) is 5.91 Å². The van der Waals surface area contributed by atoms with E-state index in [1.54, 1.807) is 7.11 Å². The van der Waals surface area contributed by atoms with Gasteiger partial charge in [-0.05, 0) is 43.6 Å². The van der Waals surface area contributed by atoms with E-state index in [1.165, 1.54) is 6.42 Å². The molecule has 0 spiro atoms. The molecule has 1 aromatic carbocycles. The van der Waals surface area contributed by atoms with Crippen molar-refractivity contribution in [3.8, 4) is 5.75 Å². The zero-order chi connectivity index (χ0) is 18.3. The first kappa shape index (κ1) is 19.7. The van der Waals surface area contributed by atoms with Gasteiger partial charge in [0, 0.05) is 6.54 Å². The highest BCUT2D eigenvalue weighted by atomic mass is 16.5. The van der Waals surface area contributed by atoms with Crippen LogP contribution in [0.25, 0.3) is 0 Å². The van der Waals surface area contributed by atoms with Crippen LogP contribution >= 0.6 is 0 Å². The predicted octanol–water partition coefficient (Wildman–Crippen LogP) is 2.86. The molecule has 1 aliphatic carbocycles. The Morgan fingerprint density at radius 3 is 2.56 bits per heavy atom. The molecule has 25 heavy (non-hydrogen) atoms. The van der Waals surface area contributed by atoms with Crippen LogP contribution in [0.15, 0.2) is 24.3 Å². The summed E-state index contributed by atoms with van der Waals surface area (Å²) in [7, 11) is 1.68. The van der Waals surface area contributed by atoms with Gasteiger partial charge in [-0.1, -0.05) is 45.2 Å². The Kier molecular flexibility index (Phi) is 7.26. The Hall–Kier alpha value is -1.59. The Labute approximate surface area is 151 Å². The lowest BCUT2D eigenvalue weighted by Gasteiger charge is -2.34. The minimum absolute atomic E-state index is 0.00717. The highest BCUT2D eigenvalue weighted by Crippen LogP contribution is 2.27. The number of carbonyl (C=O) groups is 1. The first-order valence-corrected chi connectivity index (χ1v) is 9.49. The number of rotatable bonds is 8. The summed E-state index contributed by atoms with van der Waals surface area (Å²) in [4.78, 5) is 15.0. The minimum Gasteiger partial charge on any atom is -0.497 e. The molecule has 0 bridgehead atoms. The standard InChI is InChI=1S/C20H33N3O2/c1-4-23(5-2)18(16-10-9-11-17(14-16)25-3)15-22-19(24)20(21)12-7-6-8-13-20/h9-11,14,18H,4-8,12-13,15,21H2,1-3H3,(H,22,24). The fraction of sp³-hybridized carbons (Fsp3) is 0.650. The van der Waals surface area contributed by atoms with Crippen LogP contribution in [-0.4, -0.2) is 43.1 Å². The van der Waals surface area contributed by atoms with Crippen molar-refractivity contribution in [2.75, 3.05) is 26.7 Å². The van der Waals surface area contributed by atoms with E-state index in [0.29, 0.717) is 6.54 Å². The van der Waals surface area contributed by atoms with Crippen LogP contribution in [0.3, 0.4) is 0 Å². The van der Waals surface area contributed by atoms with Crippen molar-refractivity contribution in [2.45, 2.75) is 57.5 Å². The van der Waals surface area contributed by atoms with Crippen molar-refractivity contribution in [3.63, 3.8) is 0 Å². The number of nitrogens with two attached hydrogens (primary N) is 1. The van der Waals surface area contributed by atoms with Gasteiger partial charge in [-0.25, -0.2) is 0 Å². The van der Waals surface area contributed by atoms with Crippen LogP contribution in [0.2, 0.25) is 0 Å². The number of nitrogens with one attached hydrogen (secondary N) is 1. The van der Waals surface area contributed by atoms with E-state index in [2.05, 4.69) is 30.1 Å². The second kappa shape index (κ2) is 9.20. The van der Waals surface area contributed by atoms with Crippen LogP contribution in [0, 0.1) is 0 Å². The number of ether oxygens (including phenoxy) is 1. The molecule has 140 valence electrons. The summed E-state index contributed by atoms with van der Waals surface area (Å²) >= 11 is 0. The molecule has 3 N–H and O–H groups in total. The number of benzene rings is 1. The SMILES string of the molecule is CCN(CC)C(CNC(=O)C1(N)CCCCC1)c1cccc(OC)c1. The fourth-order valence-corrected chi connectivity index (χ4v) is 3.75. The summed E-state index contributed by atoms with van der Waals surface area (Å²) in [5.74, 6) is 0.829. The maximum atomic E-state index is 12.7. The Morgan fingerprint density at radius 1 is 1.28 bits per heavy atom. The summed E-state index contributed by atoms with van der Waals surface area (Å²) in [6, 6.07) is 8.20. The normalized spacial score (nSPS) is 18.0. The van der Waals surface area contributed by atoms with Crippen LogP contribution in [0.1, 0.15) is 57.6 Å². The Bertz CT molecular complexity index is 552. The smallest absolute Gasteiger partial charge is 0.240 e. The van der Waals surface area contributed by atoms with Crippen LogP contribution in [0.5, 0.6) is 5.75 Å². The monoisotopic (exact) mass is 347 g/mol. The minimum atomic E-state index is -0.694. The number of hydrogen-bond acceptors (Lipinski definition) is 4. The van der Waals surface area contributed by atoms with E-state index in [4.69, 9.17) is 10.5 Å². The summed E-state index contributed by atoms with van der Waals surface area (Å²) < 4.78 is 5.36. The van der Waals surface area contributed by atoms with Gasteiger partial charge in [-0.15, -0.1) is 0 Å². The molecule has 1 fully saturated rings. The van der Waals surface area contributed by atoms with Crippen molar-refractivity contribution in [3.05, 3.63) is 29.8 Å². The molecule has 1 saturated carbocycles. The van der Waals surface area contributed by atoms with Gasteiger partial charge in [-0.3, -0.25) is 9.69 Å². The largest absolute Gasteiger partial charge is 0.497 e. The molecule has 0 heterocycles. The predicted molar refractivity (Wildman–Crippen MR) is 102 cm³/mol. The van der Waals surface area contributed by atoms with Crippen molar-refractivity contribution in [1.29, 1.82) is 0 Å². The molecule has 1 amide bonds. The van der Waals surface area contributed by atoms with Gasteiger partial charge in [-0.2, -0.15) is 0 Å². The summed E-state index contributed by atoms with van der Waals surface area (Å²) in [6.07, 6.45) is 4.83. The van der Waals surface area contributed by atoms with Crippen molar-refractivity contribution >= 4 is 5.91 Å².